The molecule has 0 N–H and O–H groups in total. The molecule has 5 heteroatoms. The van der Waals surface area contributed by atoms with Crippen molar-refractivity contribution < 1.29 is 9.53 Å². The molecule has 172 valence electrons. The Morgan fingerprint density at radius 1 is 1.00 bits per heavy atom. The Morgan fingerprint density at radius 3 is 2.44 bits per heavy atom. The van der Waals surface area contributed by atoms with Crippen LogP contribution in [0.25, 0.3) is 0 Å². The summed E-state index contributed by atoms with van der Waals surface area (Å²) in [7, 11) is 4.22. The lowest BCUT2D eigenvalue weighted by molar-refractivity contribution is -0.149. The summed E-state index contributed by atoms with van der Waals surface area (Å²) in [5, 5.41) is 0. The first-order valence-electron chi connectivity index (χ1n) is 12.1. The molecule has 0 bridgehead atoms. The molecule has 1 saturated heterocycles. The van der Waals surface area contributed by atoms with Gasteiger partial charge in [-0.05, 0) is 88.0 Å². The fourth-order valence-corrected chi connectivity index (χ4v) is 5.02. The lowest BCUT2D eigenvalue weighted by atomic mass is 9.97. The van der Waals surface area contributed by atoms with Gasteiger partial charge in [0.1, 0.15) is 0 Å². The summed E-state index contributed by atoms with van der Waals surface area (Å²) in [5.41, 5.74) is 6.81. The van der Waals surface area contributed by atoms with Gasteiger partial charge in [0, 0.05) is 37.7 Å². The SMILES string of the molecule is CCOC(=O)C1CCN(CCCN2c3ccccc3CCc3ccc(N(C)C)cc32)CC1. The third kappa shape index (κ3) is 5.09. The average Bonchev–Trinajstić information content (AvgIpc) is 2.96. The van der Waals surface area contributed by atoms with Crippen molar-refractivity contribution in [2.75, 3.05) is 56.7 Å². The van der Waals surface area contributed by atoms with E-state index in [1.807, 2.05) is 6.92 Å². The molecule has 2 aliphatic rings. The molecule has 2 heterocycles. The number of para-hydroxylation sites is 1. The lowest BCUT2D eigenvalue weighted by Gasteiger charge is -2.32. The van der Waals surface area contributed by atoms with Crippen LogP contribution in [0.2, 0.25) is 0 Å². The lowest BCUT2D eigenvalue weighted by Crippen LogP contribution is -2.38. The number of ether oxygens (including phenoxy) is 1. The van der Waals surface area contributed by atoms with Crippen molar-refractivity contribution in [3.8, 4) is 0 Å². The molecule has 2 aliphatic heterocycles. The van der Waals surface area contributed by atoms with Gasteiger partial charge in [0.25, 0.3) is 0 Å². The Morgan fingerprint density at radius 2 is 1.72 bits per heavy atom. The fourth-order valence-electron chi connectivity index (χ4n) is 5.02. The first kappa shape index (κ1) is 22.7. The van der Waals surface area contributed by atoms with Gasteiger partial charge in [-0.25, -0.2) is 0 Å². The molecule has 2 aromatic carbocycles. The number of piperidine rings is 1. The molecule has 0 aliphatic carbocycles. The zero-order chi connectivity index (χ0) is 22.5. The number of rotatable bonds is 7. The molecule has 0 aromatic heterocycles. The van der Waals surface area contributed by atoms with E-state index in [0.717, 1.165) is 58.3 Å². The monoisotopic (exact) mass is 435 g/mol. The molecule has 0 amide bonds. The summed E-state index contributed by atoms with van der Waals surface area (Å²) in [4.78, 5) is 19.2. The number of benzene rings is 2. The molecule has 1 fully saturated rings. The van der Waals surface area contributed by atoms with Crippen LogP contribution in [-0.4, -0.2) is 57.8 Å². The Bertz CT molecular complexity index is 919. The van der Waals surface area contributed by atoms with Crippen LogP contribution in [0.4, 0.5) is 17.1 Å². The number of hydrogen-bond acceptors (Lipinski definition) is 5. The number of fused-ring (bicyclic) bond motifs is 2. The number of carbonyl (C=O) groups excluding carboxylic acids is 1. The number of carbonyl (C=O) groups is 1. The smallest absolute Gasteiger partial charge is 0.309 e. The highest BCUT2D eigenvalue weighted by Crippen LogP contribution is 2.38. The number of esters is 1. The van der Waals surface area contributed by atoms with E-state index in [4.69, 9.17) is 4.74 Å². The third-order valence-electron chi connectivity index (χ3n) is 6.89. The highest BCUT2D eigenvalue weighted by atomic mass is 16.5. The van der Waals surface area contributed by atoms with Gasteiger partial charge in [-0.1, -0.05) is 24.3 Å². The first-order valence-corrected chi connectivity index (χ1v) is 12.1. The molecule has 4 rings (SSSR count). The van der Waals surface area contributed by atoms with Crippen molar-refractivity contribution in [1.82, 2.24) is 4.90 Å². The molecule has 0 radical (unpaired) electrons. The summed E-state index contributed by atoms with van der Waals surface area (Å²) >= 11 is 0. The van der Waals surface area contributed by atoms with Crippen LogP contribution >= 0.6 is 0 Å². The van der Waals surface area contributed by atoms with E-state index in [1.54, 1.807) is 0 Å². The van der Waals surface area contributed by atoms with Gasteiger partial charge in [0.05, 0.1) is 12.5 Å². The van der Waals surface area contributed by atoms with Crippen LogP contribution in [0, 0.1) is 5.92 Å². The van der Waals surface area contributed by atoms with Gasteiger partial charge < -0.3 is 19.4 Å². The Hall–Kier alpha value is -2.53. The second kappa shape index (κ2) is 10.4. The number of hydrogen-bond donors (Lipinski definition) is 0. The minimum atomic E-state index is -0.0124. The normalized spacial score (nSPS) is 16.8. The van der Waals surface area contributed by atoms with E-state index in [-0.39, 0.29) is 11.9 Å². The largest absolute Gasteiger partial charge is 0.466 e. The number of anilines is 3. The fraction of sp³-hybridized carbons (Fsp3) is 0.519. The van der Waals surface area contributed by atoms with Crippen molar-refractivity contribution in [3.05, 3.63) is 53.6 Å². The van der Waals surface area contributed by atoms with Gasteiger partial charge in [-0.2, -0.15) is 0 Å². The highest BCUT2D eigenvalue weighted by molar-refractivity contribution is 5.74. The predicted octanol–water partition coefficient (Wildman–Crippen LogP) is 4.65. The van der Waals surface area contributed by atoms with Crippen molar-refractivity contribution in [2.45, 2.75) is 39.0 Å². The summed E-state index contributed by atoms with van der Waals surface area (Å²) in [6.45, 7) is 6.40. The molecule has 0 saturated carbocycles. The van der Waals surface area contributed by atoms with E-state index < -0.39 is 0 Å². The van der Waals surface area contributed by atoms with Gasteiger partial charge in [0.15, 0.2) is 0 Å². The van der Waals surface area contributed by atoms with Crippen LogP contribution in [0.15, 0.2) is 42.5 Å². The maximum atomic E-state index is 12.0. The van der Waals surface area contributed by atoms with Crippen LogP contribution in [0.3, 0.4) is 0 Å². The zero-order valence-electron chi connectivity index (χ0n) is 19.8. The van der Waals surface area contributed by atoms with Crippen LogP contribution in [-0.2, 0) is 22.4 Å². The van der Waals surface area contributed by atoms with Gasteiger partial charge in [-0.15, -0.1) is 0 Å². The standard InChI is InChI=1S/C27H37N3O2/c1-4-32-27(31)23-14-18-29(19-15-23)16-7-17-30-25-9-6-5-8-21(25)10-11-22-12-13-24(28(2)3)20-26(22)30/h5-6,8-9,12-13,20,23H,4,7,10-11,14-19H2,1-3H3. The van der Waals surface area contributed by atoms with Crippen LogP contribution < -0.4 is 9.80 Å². The summed E-state index contributed by atoms with van der Waals surface area (Å²) in [6, 6.07) is 15.8. The Balaban J connectivity index is 1.44. The van der Waals surface area contributed by atoms with E-state index >= 15 is 0 Å². The maximum Gasteiger partial charge on any atom is 0.309 e. The molecular weight excluding hydrogens is 398 g/mol. The zero-order valence-corrected chi connectivity index (χ0v) is 19.8. The van der Waals surface area contributed by atoms with E-state index in [9.17, 15) is 4.79 Å². The molecule has 0 unspecified atom stereocenters. The quantitative estimate of drug-likeness (QED) is 0.592. The van der Waals surface area contributed by atoms with Crippen molar-refractivity contribution >= 4 is 23.0 Å². The minimum absolute atomic E-state index is 0.0124. The van der Waals surface area contributed by atoms with Crippen molar-refractivity contribution in [1.29, 1.82) is 0 Å². The van der Waals surface area contributed by atoms with Crippen molar-refractivity contribution in [3.63, 3.8) is 0 Å². The van der Waals surface area contributed by atoms with Gasteiger partial charge in [0.2, 0.25) is 0 Å². The summed E-state index contributed by atoms with van der Waals surface area (Å²) < 4.78 is 5.21. The highest BCUT2D eigenvalue weighted by Gasteiger charge is 2.26. The second-order valence-electron chi connectivity index (χ2n) is 9.21. The van der Waals surface area contributed by atoms with E-state index in [2.05, 4.69) is 71.3 Å². The third-order valence-corrected chi connectivity index (χ3v) is 6.89. The van der Waals surface area contributed by atoms with Gasteiger partial charge in [-0.3, -0.25) is 4.79 Å². The number of nitrogens with zero attached hydrogens (tertiary/aromatic N) is 3. The molecule has 0 atom stereocenters. The first-order chi connectivity index (χ1) is 15.6. The number of likely N-dealkylation sites (tertiary alicyclic amines) is 1. The Kier molecular flexibility index (Phi) is 7.36. The van der Waals surface area contributed by atoms with Gasteiger partial charge >= 0.3 is 5.97 Å². The summed E-state index contributed by atoms with van der Waals surface area (Å²) in [6.07, 6.45) is 5.10. The average molecular weight is 436 g/mol. The molecule has 5 nitrogen and oxygen atoms in total. The van der Waals surface area contributed by atoms with E-state index in [0.29, 0.717) is 6.61 Å². The number of aryl methyl sites for hydroxylation is 2. The van der Waals surface area contributed by atoms with Crippen LogP contribution in [0.1, 0.15) is 37.3 Å². The molecular formula is C27H37N3O2. The van der Waals surface area contributed by atoms with E-state index in [1.165, 1.54) is 28.2 Å². The molecule has 0 spiro atoms. The minimum Gasteiger partial charge on any atom is -0.466 e. The maximum absolute atomic E-state index is 12.0. The topological polar surface area (TPSA) is 36.0 Å². The summed E-state index contributed by atoms with van der Waals surface area (Å²) in [5.74, 6) is 0.0710. The van der Waals surface area contributed by atoms with Crippen LogP contribution in [0.5, 0.6) is 0 Å². The molecule has 32 heavy (non-hydrogen) atoms. The second-order valence-corrected chi connectivity index (χ2v) is 9.21. The van der Waals surface area contributed by atoms with Crippen molar-refractivity contribution in [2.24, 2.45) is 5.92 Å². The predicted molar refractivity (Wildman–Crippen MR) is 132 cm³/mol. The molecule has 2 aromatic rings. The Labute approximate surface area is 193 Å².